The minimum absolute atomic E-state index is 0. The van der Waals surface area contributed by atoms with Crippen LogP contribution in [0.1, 0.15) is 50.7 Å². The van der Waals surface area contributed by atoms with E-state index in [-0.39, 0.29) is 73.2 Å². The van der Waals surface area contributed by atoms with Crippen LogP contribution in [0.3, 0.4) is 0 Å². The Balaban J connectivity index is 0.000000381. The van der Waals surface area contributed by atoms with E-state index in [1.165, 1.54) is 38.8 Å². The topological polar surface area (TPSA) is 265 Å². The molecule has 6 N–H and O–H groups in total. The molecular weight excluding hydrogens is 1700 g/mol. The maximum absolute atomic E-state index is 9.61. The summed E-state index contributed by atoms with van der Waals surface area (Å²) in [6, 6.07) is 70.0. The molecule has 18 nitrogen and oxygen atoms in total. The van der Waals surface area contributed by atoms with E-state index >= 15 is 0 Å². The van der Waals surface area contributed by atoms with Crippen molar-refractivity contribution >= 4 is 6.08 Å². The monoisotopic (exact) mass is 1780 g/mol. The van der Waals surface area contributed by atoms with Crippen LogP contribution in [0.2, 0.25) is 0 Å². The number of benzene rings is 7. The largest absolute Gasteiger partial charge is 0.393 e. The van der Waals surface area contributed by atoms with Crippen LogP contribution in [0.15, 0.2) is 226 Å². The van der Waals surface area contributed by atoms with Gasteiger partial charge in [0, 0.05) is 104 Å². The summed E-state index contributed by atoms with van der Waals surface area (Å²) in [6.07, 6.45) is 6.12. The van der Waals surface area contributed by atoms with Crippen molar-refractivity contribution < 1.29 is 105 Å². The number of nitrogens with zero attached hydrogens (tertiary/aromatic N) is 9. The molecule has 10 aromatic rings. The second-order valence-electron chi connectivity index (χ2n) is 19.3. The van der Waals surface area contributed by atoms with E-state index < -0.39 is 37.2 Å². The first-order valence-electron chi connectivity index (χ1n) is 28.5. The molecule has 7 aromatic carbocycles. The van der Waals surface area contributed by atoms with E-state index in [1.807, 2.05) is 194 Å². The first-order valence-corrected chi connectivity index (χ1v) is 28.5. The Morgan fingerprint density at radius 3 is 1.08 bits per heavy atom. The number of rotatable bonds is 21. The molecule has 10 rings (SSSR count). The van der Waals surface area contributed by atoms with Gasteiger partial charge in [-0.2, -0.15) is 0 Å². The van der Waals surface area contributed by atoms with Gasteiger partial charge in [-0.25, -0.2) is 15.0 Å². The quantitative estimate of drug-likeness (QED) is 0.0222. The maximum atomic E-state index is 9.61. The first-order chi connectivity index (χ1) is 43.3. The normalized spacial score (nSPS) is 12.0. The summed E-state index contributed by atoms with van der Waals surface area (Å²) in [6.45, 7) is 10.7. The fourth-order valence-electron chi connectivity index (χ4n) is 7.62. The van der Waals surface area contributed by atoms with Crippen LogP contribution in [0.5, 0.6) is 0 Å². The van der Waals surface area contributed by atoms with Crippen molar-refractivity contribution in [3.05, 3.63) is 256 Å². The Morgan fingerprint density at radius 2 is 0.772 bits per heavy atom. The molecule has 0 aliphatic carbocycles. The summed E-state index contributed by atoms with van der Waals surface area (Å²) in [5, 5.41) is 53.8. The molecule has 3 heterocycles. The van der Waals surface area contributed by atoms with Crippen molar-refractivity contribution in [3.8, 4) is 68.3 Å². The predicted molar refractivity (Wildman–Crippen MR) is 345 cm³/mol. The minimum Gasteiger partial charge on any atom is -0.393 e. The van der Waals surface area contributed by atoms with Crippen LogP contribution in [0, 0.1) is 18.2 Å². The van der Waals surface area contributed by atoms with E-state index in [1.54, 1.807) is 19.9 Å². The van der Waals surface area contributed by atoms with Gasteiger partial charge in [-0.3, -0.25) is 29.9 Å². The summed E-state index contributed by atoms with van der Waals surface area (Å²) < 4.78 is 13.7. The van der Waals surface area contributed by atoms with Crippen molar-refractivity contribution in [2.45, 2.75) is 83.1 Å². The number of hydrogen-bond donors (Lipinski definition) is 6. The van der Waals surface area contributed by atoms with Gasteiger partial charge in [0.1, 0.15) is 19.0 Å². The molecule has 0 saturated heterocycles. The number of aliphatic hydroxyl groups is 6. The fraction of sp³-hybridized carbons (Fsp3) is 0.225. The molecule has 0 fully saturated rings. The fourth-order valence-corrected chi connectivity index (χ4v) is 7.62. The molecule has 0 aliphatic heterocycles. The summed E-state index contributed by atoms with van der Waals surface area (Å²) in [5.74, 6) is 3.96. The van der Waals surface area contributed by atoms with E-state index in [0.717, 1.165) is 45.4 Å². The van der Waals surface area contributed by atoms with Gasteiger partial charge in [-0.15, -0.1) is 114 Å². The number of aromatic nitrogens is 9. The Kier molecular flexibility index (Phi) is 41.7. The van der Waals surface area contributed by atoms with Crippen molar-refractivity contribution in [2.75, 3.05) is 20.8 Å². The summed E-state index contributed by atoms with van der Waals surface area (Å²) in [7, 11) is 2.71. The molecule has 92 heavy (non-hydrogen) atoms. The predicted octanol–water partition coefficient (Wildman–Crippen LogP) is 11.0. The van der Waals surface area contributed by atoms with E-state index in [0.29, 0.717) is 54.4 Å². The Morgan fingerprint density at radius 1 is 0.424 bits per heavy atom. The van der Waals surface area contributed by atoms with Crippen LogP contribution >= 0.6 is 0 Å². The van der Waals surface area contributed by atoms with Gasteiger partial charge in [-0.05, 0) is 44.2 Å². The first kappa shape index (κ1) is 80.7. The summed E-state index contributed by atoms with van der Waals surface area (Å²) >= 11 is 0. The molecule has 0 bridgehead atoms. The van der Waals surface area contributed by atoms with Gasteiger partial charge in [0.2, 0.25) is 0 Å². The third-order valence-electron chi connectivity index (χ3n) is 12.2. The van der Waals surface area contributed by atoms with Gasteiger partial charge >= 0.3 is 0 Å². The standard InChI is InChI=1S/3C15H10N3.C14H20O2.C7H14O3.C5H12O4.3Ir/c3*1-3-7-12(8-4-1)14-16-11-17-15(18-14)13-9-5-2-6-10-13;1-3-12-4-6-13(7-5-12)8-9-14(16)10-11(2)15;1-3-4-10-7(9)5-6(2)8;1-8-4(6)3-5(7)9-2;;;/h3*1-9,11H;3-7,11,14-16H,1,8-10H2,2H3;3,6-9H,1,4-5H2,2H3;4-7H,3H2,1-2H3;;;/q3*-1;;;;;;. The number of aryl methyl sites for hydroxylation is 1. The van der Waals surface area contributed by atoms with Crippen molar-refractivity contribution in [2.24, 2.45) is 0 Å². The Hall–Kier alpha value is -7.36. The number of hydrogen-bond acceptors (Lipinski definition) is 18. The molecule has 0 saturated carbocycles. The summed E-state index contributed by atoms with van der Waals surface area (Å²) in [4.78, 5) is 38.5. The molecule has 21 heteroatoms. The van der Waals surface area contributed by atoms with Crippen LogP contribution in [-0.2, 0) is 80.9 Å². The Labute approximate surface area is 579 Å². The molecule has 6 atom stereocenters. The van der Waals surface area contributed by atoms with Crippen LogP contribution in [-0.4, -0.2) is 134 Å². The van der Waals surface area contributed by atoms with E-state index in [2.05, 4.69) is 85.7 Å². The molecule has 0 amide bonds. The van der Waals surface area contributed by atoms with Gasteiger partial charge in [0.15, 0.2) is 36.3 Å². The second-order valence-corrected chi connectivity index (χ2v) is 19.3. The molecule has 0 aliphatic rings. The number of methoxy groups -OCH3 is 2. The zero-order valence-corrected chi connectivity index (χ0v) is 58.5. The van der Waals surface area contributed by atoms with Gasteiger partial charge in [0.25, 0.3) is 0 Å². The van der Waals surface area contributed by atoms with Gasteiger partial charge in [-0.1, -0.05) is 134 Å². The SMILES string of the molecule is C=CCOC(O)CC(C)O.C=Cc1ccc(CCC(O)CC(C)O)cc1.COC(O)CC(O)OC.[Ir].[Ir].[Ir].[c-]1ccccc1-c1ncnc(-c2ccccc2)n1.[c-]1ccccc1-c1ncnc(-c2ccccc2)n1.[c-]1ccccc1-c1ncnc(-c2ccccc2)n1. The van der Waals surface area contributed by atoms with Crippen molar-refractivity contribution in [3.63, 3.8) is 0 Å². The van der Waals surface area contributed by atoms with E-state index in [4.69, 9.17) is 30.3 Å². The smallest absolute Gasteiger partial charge is 0.158 e. The molecule has 6 unspecified atom stereocenters. The molecule has 489 valence electrons. The van der Waals surface area contributed by atoms with Gasteiger partial charge < -0.3 is 44.8 Å². The maximum Gasteiger partial charge on any atom is 0.158 e. The molecule has 3 aromatic heterocycles. The van der Waals surface area contributed by atoms with Crippen LogP contribution < -0.4 is 0 Å². The van der Waals surface area contributed by atoms with Crippen LogP contribution in [0.4, 0.5) is 0 Å². The second kappa shape index (κ2) is 47.5. The average molecular weight is 1780 g/mol. The molecular formula is C71H76Ir3N9O9-3. The number of ether oxygens (including phenoxy) is 3. The molecule has 3 radical (unpaired) electrons. The molecule has 0 spiro atoms. The minimum atomic E-state index is -0.944. The van der Waals surface area contributed by atoms with E-state index in [9.17, 15) is 5.11 Å². The van der Waals surface area contributed by atoms with Crippen molar-refractivity contribution in [1.29, 1.82) is 0 Å². The third-order valence-corrected chi connectivity index (χ3v) is 12.2. The summed E-state index contributed by atoms with van der Waals surface area (Å²) in [5.41, 5.74) is 7.88. The van der Waals surface area contributed by atoms with Crippen molar-refractivity contribution in [1.82, 2.24) is 44.9 Å². The third kappa shape index (κ3) is 31.8. The number of aliphatic hydroxyl groups excluding tert-OH is 6. The average Bonchev–Trinajstić information content (AvgIpc) is 0.983. The van der Waals surface area contributed by atoms with Crippen LogP contribution in [0.25, 0.3) is 74.4 Å². The van der Waals surface area contributed by atoms with Gasteiger partial charge in [0.05, 0.1) is 42.4 Å². The zero-order chi connectivity index (χ0) is 63.9. The zero-order valence-electron chi connectivity index (χ0n) is 51.3. The Bertz CT molecular complexity index is 3040.